The first-order valence-corrected chi connectivity index (χ1v) is 16.4. The number of imidazole rings is 1. The van der Waals surface area contributed by atoms with Crippen LogP contribution in [0.25, 0.3) is 0 Å². The molecule has 1 rings (SSSR count). The molecule has 290 valence electrons. The Labute approximate surface area is 298 Å². The van der Waals surface area contributed by atoms with E-state index in [-0.39, 0.29) is 51.5 Å². The van der Waals surface area contributed by atoms with E-state index in [0.717, 1.165) is 0 Å². The smallest absolute Gasteiger partial charge is 0.325 e. The van der Waals surface area contributed by atoms with Gasteiger partial charge in [-0.25, -0.2) is 4.98 Å². The summed E-state index contributed by atoms with van der Waals surface area (Å²) >= 11 is 0. The zero-order valence-electron chi connectivity index (χ0n) is 28.7. The van der Waals surface area contributed by atoms with Crippen molar-refractivity contribution in [1.82, 2.24) is 36.6 Å². The zero-order valence-corrected chi connectivity index (χ0v) is 28.7. The Balaban J connectivity index is 3.27. The number of nitrogens with zero attached hydrogens (tertiary/aromatic N) is 1. The number of rotatable bonds is 26. The molecule has 0 fully saturated rings. The highest BCUT2D eigenvalue weighted by Gasteiger charge is 2.33. The number of nitrogens with two attached hydrogens (primary N) is 4. The van der Waals surface area contributed by atoms with Crippen LogP contribution in [0.15, 0.2) is 12.5 Å². The number of hydrogen-bond donors (Lipinski definition) is 12. The second-order valence-corrected chi connectivity index (χ2v) is 11.9. The maximum Gasteiger partial charge on any atom is 0.325 e. The van der Waals surface area contributed by atoms with Gasteiger partial charge in [0.05, 0.1) is 12.4 Å². The molecule has 0 saturated heterocycles. The highest BCUT2D eigenvalue weighted by molar-refractivity contribution is 5.96. The van der Waals surface area contributed by atoms with Crippen molar-refractivity contribution >= 4 is 53.3 Å². The van der Waals surface area contributed by atoms with Crippen molar-refractivity contribution in [3.05, 3.63) is 18.2 Å². The largest absolute Gasteiger partial charge is 0.481 e. The number of aromatic nitrogens is 2. The quantitative estimate of drug-likeness (QED) is 0.0398. The van der Waals surface area contributed by atoms with Gasteiger partial charge in [0, 0.05) is 37.6 Å². The first-order valence-electron chi connectivity index (χ1n) is 16.4. The SMILES string of the molecule is C[C@H](NC(=O)[C@H](CCC(N)=O)NC(=O)[C@H](CCCCN)NC(=O)[C@H](CCC(=O)O)NC(=O)[C@H](CCC(N)=O)NC(=O)[C@@H](N)Cc1cnc[nH]1)C(=O)O. The van der Waals surface area contributed by atoms with Crippen LogP contribution >= 0.6 is 0 Å². The number of amides is 7. The average Bonchev–Trinajstić information content (AvgIpc) is 3.58. The summed E-state index contributed by atoms with van der Waals surface area (Å²) < 4.78 is 0. The summed E-state index contributed by atoms with van der Waals surface area (Å²) in [5.74, 6) is -9.00. The Bertz CT molecular complexity index is 1410. The van der Waals surface area contributed by atoms with E-state index in [2.05, 4.69) is 36.6 Å². The minimum atomic E-state index is -1.59. The monoisotopic (exact) mass is 739 g/mol. The maximum atomic E-state index is 13.6. The fraction of sp³-hybridized carbons (Fsp3) is 0.600. The van der Waals surface area contributed by atoms with Gasteiger partial charge in [0.2, 0.25) is 41.4 Å². The molecule has 1 heterocycles. The number of nitrogens with one attached hydrogen (secondary N) is 6. The van der Waals surface area contributed by atoms with Gasteiger partial charge >= 0.3 is 11.9 Å². The predicted octanol–water partition coefficient (Wildman–Crippen LogP) is -4.67. The van der Waals surface area contributed by atoms with Crippen molar-refractivity contribution in [3.8, 4) is 0 Å². The molecule has 0 radical (unpaired) electrons. The predicted molar refractivity (Wildman–Crippen MR) is 180 cm³/mol. The van der Waals surface area contributed by atoms with Gasteiger partial charge in [0.15, 0.2) is 0 Å². The van der Waals surface area contributed by atoms with Gasteiger partial charge in [0.25, 0.3) is 0 Å². The summed E-state index contributed by atoms with van der Waals surface area (Å²) in [6.07, 6.45) is 1.03. The van der Waals surface area contributed by atoms with Gasteiger partial charge in [-0.2, -0.15) is 0 Å². The van der Waals surface area contributed by atoms with Crippen molar-refractivity contribution < 1.29 is 53.4 Å². The van der Waals surface area contributed by atoms with Crippen LogP contribution < -0.4 is 49.5 Å². The summed E-state index contributed by atoms with van der Waals surface area (Å²) in [6, 6.07) is -8.41. The third kappa shape index (κ3) is 17.3. The molecule has 0 aromatic carbocycles. The maximum absolute atomic E-state index is 13.6. The van der Waals surface area contributed by atoms with Crippen molar-refractivity contribution in [2.75, 3.05) is 6.54 Å². The van der Waals surface area contributed by atoms with E-state index in [1.54, 1.807) is 0 Å². The van der Waals surface area contributed by atoms with Crippen LogP contribution in [0, 0.1) is 0 Å². The van der Waals surface area contributed by atoms with Crippen molar-refractivity contribution in [3.63, 3.8) is 0 Å². The molecule has 22 nitrogen and oxygen atoms in total. The molecule has 16 N–H and O–H groups in total. The van der Waals surface area contributed by atoms with E-state index in [1.165, 1.54) is 19.4 Å². The number of aliphatic carboxylic acids is 2. The lowest BCUT2D eigenvalue weighted by Gasteiger charge is -2.27. The third-order valence-corrected chi connectivity index (χ3v) is 7.55. The first-order chi connectivity index (χ1) is 24.4. The van der Waals surface area contributed by atoms with Crippen molar-refractivity contribution in [2.24, 2.45) is 22.9 Å². The molecule has 6 atom stereocenters. The number of carboxylic acids is 2. The summed E-state index contributed by atoms with van der Waals surface area (Å²) in [7, 11) is 0. The highest BCUT2D eigenvalue weighted by Crippen LogP contribution is 2.08. The lowest BCUT2D eigenvalue weighted by atomic mass is 10.0. The van der Waals surface area contributed by atoms with Gasteiger partial charge in [0.1, 0.15) is 30.2 Å². The van der Waals surface area contributed by atoms with Crippen molar-refractivity contribution in [1.29, 1.82) is 0 Å². The lowest BCUT2D eigenvalue weighted by Crippen LogP contribution is -2.59. The number of primary amides is 2. The normalized spacial score (nSPS) is 14.3. The molecular weight excluding hydrogens is 690 g/mol. The molecule has 0 aliphatic heterocycles. The van der Waals surface area contributed by atoms with E-state index < -0.39 is 102 Å². The molecule has 7 amide bonds. The summed E-state index contributed by atoms with van der Waals surface area (Å²) in [4.78, 5) is 118. The molecule has 0 spiro atoms. The molecule has 0 aliphatic rings. The number of carbonyl (C=O) groups is 9. The summed E-state index contributed by atoms with van der Waals surface area (Å²) in [5, 5.41) is 30.3. The van der Waals surface area contributed by atoms with Gasteiger partial charge in [-0.3, -0.25) is 43.2 Å². The second-order valence-electron chi connectivity index (χ2n) is 11.9. The van der Waals surface area contributed by atoms with Crippen LogP contribution in [-0.2, 0) is 49.6 Å². The van der Waals surface area contributed by atoms with E-state index in [1.807, 2.05) is 0 Å². The Morgan fingerprint density at radius 1 is 0.692 bits per heavy atom. The van der Waals surface area contributed by atoms with E-state index in [4.69, 9.17) is 28.0 Å². The third-order valence-electron chi connectivity index (χ3n) is 7.55. The van der Waals surface area contributed by atoms with Crippen LogP contribution in [0.2, 0.25) is 0 Å². The number of hydrogen-bond acceptors (Lipinski definition) is 12. The van der Waals surface area contributed by atoms with Crippen LogP contribution in [0.5, 0.6) is 0 Å². The Morgan fingerprint density at radius 3 is 1.54 bits per heavy atom. The van der Waals surface area contributed by atoms with Gasteiger partial charge in [-0.1, -0.05) is 0 Å². The first kappa shape index (κ1) is 44.4. The molecule has 0 unspecified atom stereocenters. The standard InChI is InChI=1S/C30H49N11O11/c1-15(30(51)52)37-26(47)19(5-8-22(33)42)40-27(48)18(4-2-3-11-31)39-29(50)21(7-10-24(44)45)41-28(49)20(6-9-23(34)43)38-25(46)17(32)12-16-13-35-14-36-16/h13-15,17-21H,2-12,31-32H2,1H3,(H2,33,42)(H2,34,43)(H,35,36)(H,37,47)(H,38,46)(H,39,50)(H,40,48)(H,41,49)(H,44,45)(H,51,52)/t15-,17-,18-,19-,20-,21-/m0/s1. The summed E-state index contributed by atoms with van der Waals surface area (Å²) in [6.45, 7) is 1.40. The van der Waals surface area contributed by atoms with Crippen molar-refractivity contribution in [2.45, 2.75) is 107 Å². The van der Waals surface area contributed by atoms with Crippen LogP contribution in [0.4, 0.5) is 0 Å². The number of unbranched alkanes of at least 4 members (excludes halogenated alkanes) is 1. The van der Waals surface area contributed by atoms with E-state index >= 15 is 0 Å². The van der Waals surface area contributed by atoms with Gasteiger partial charge in [-0.05, 0) is 52.0 Å². The van der Waals surface area contributed by atoms with Crippen LogP contribution in [0.3, 0.4) is 0 Å². The van der Waals surface area contributed by atoms with Crippen LogP contribution in [-0.4, -0.2) is 116 Å². The van der Waals surface area contributed by atoms with E-state index in [0.29, 0.717) is 12.1 Å². The molecule has 0 saturated carbocycles. The highest BCUT2D eigenvalue weighted by atomic mass is 16.4. The van der Waals surface area contributed by atoms with E-state index in [9.17, 15) is 48.3 Å². The fourth-order valence-corrected chi connectivity index (χ4v) is 4.61. The Morgan fingerprint density at radius 2 is 1.13 bits per heavy atom. The molecular formula is C30H49N11O11. The lowest BCUT2D eigenvalue weighted by molar-refractivity contribution is -0.142. The summed E-state index contributed by atoms with van der Waals surface area (Å²) in [5.41, 5.74) is 22.5. The van der Waals surface area contributed by atoms with Gasteiger partial charge in [-0.15, -0.1) is 0 Å². The minimum absolute atomic E-state index is 0.0108. The number of carboxylic acid groups (broad SMARTS) is 2. The zero-order chi connectivity index (χ0) is 39.4. The molecule has 1 aromatic heterocycles. The second kappa shape index (κ2) is 23.0. The van der Waals surface area contributed by atoms with Crippen LogP contribution in [0.1, 0.15) is 70.4 Å². The van der Waals surface area contributed by atoms with Gasteiger partial charge < -0.3 is 64.7 Å². The molecule has 0 bridgehead atoms. The Kier molecular flexibility index (Phi) is 19.6. The number of H-pyrrole nitrogens is 1. The average molecular weight is 740 g/mol. The molecule has 52 heavy (non-hydrogen) atoms. The Hall–Kier alpha value is -5.64. The minimum Gasteiger partial charge on any atom is -0.481 e. The molecule has 0 aliphatic carbocycles. The topological polar surface area (TPSA) is 387 Å². The number of aromatic amines is 1. The molecule has 1 aromatic rings. The number of carbonyl (C=O) groups excluding carboxylic acids is 7. The molecule has 22 heteroatoms. The fourth-order valence-electron chi connectivity index (χ4n) is 4.61.